The van der Waals surface area contributed by atoms with E-state index in [9.17, 15) is 5.11 Å². The molecule has 1 aromatic carbocycles. The second-order valence-electron chi connectivity index (χ2n) is 5.33. The predicted molar refractivity (Wildman–Crippen MR) is 81.1 cm³/mol. The van der Waals surface area contributed by atoms with Gasteiger partial charge in [0.15, 0.2) is 6.35 Å². The van der Waals surface area contributed by atoms with Gasteiger partial charge in [0.25, 0.3) is 0 Å². The van der Waals surface area contributed by atoms with Crippen molar-refractivity contribution in [2.24, 2.45) is 5.16 Å². The first-order valence-electron chi connectivity index (χ1n) is 7.11. The molecule has 1 atom stereocenters. The van der Waals surface area contributed by atoms with Gasteiger partial charge in [0.1, 0.15) is 12.4 Å². The van der Waals surface area contributed by atoms with Gasteiger partial charge in [-0.3, -0.25) is 10.2 Å². The summed E-state index contributed by atoms with van der Waals surface area (Å²) < 4.78 is 5.90. The van der Waals surface area contributed by atoms with Crippen molar-refractivity contribution in [2.75, 3.05) is 26.2 Å². The molecule has 0 aliphatic carbocycles. The standard InChI is InChI=1S/C15H23N3O3/c1-10-8-11(2)14(12(3)13(10)9-17-20)21-7-6-18-5-4-16-15(18)19/h8-9,15-16,19-20H,4-7H2,1-3H3/b17-9+. The average molecular weight is 293 g/mol. The van der Waals surface area contributed by atoms with Gasteiger partial charge in [0, 0.05) is 30.8 Å². The summed E-state index contributed by atoms with van der Waals surface area (Å²) in [5, 5.41) is 24.5. The Balaban J connectivity index is 2.07. The zero-order chi connectivity index (χ0) is 15.4. The lowest BCUT2D eigenvalue weighted by Crippen LogP contribution is -2.37. The Bertz CT molecular complexity index is 531. The van der Waals surface area contributed by atoms with Gasteiger partial charge in [-0.15, -0.1) is 0 Å². The lowest BCUT2D eigenvalue weighted by Gasteiger charge is -2.21. The fourth-order valence-electron chi connectivity index (χ4n) is 2.75. The monoisotopic (exact) mass is 293 g/mol. The summed E-state index contributed by atoms with van der Waals surface area (Å²) in [7, 11) is 0. The zero-order valence-corrected chi connectivity index (χ0v) is 12.8. The lowest BCUT2D eigenvalue weighted by molar-refractivity contribution is 0.0150. The maximum atomic E-state index is 9.66. The summed E-state index contributed by atoms with van der Waals surface area (Å²) in [6.45, 7) is 8.70. The molecular formula is C15H23N3O3. The first kappa shape index (κ1) is 15.8. The SMILES string of the molecule is Cc1cc(C)c(OCCN2CCNC2O)c(C)c1/C=N/O. The van der Waals surface area contributed by atoms with Crippen LogP contribution in [0.15, 0.2) is 11.2 Å². The van der Waals surface area contributed by atoms with Crippen molar-refractivity contribution in [3.8, 4) is 5.75 Å². The van der Waals surface area contributed by atoms with Gasteiger partial charge < -0.3 is 15.1 Å². The number of aryl methyl sites for hydroxylation is 2. The van der Waals surface area contributed by atoms with Crippen molar-refractivity contribution in [2.45, 2.75) is 27.1 Å². The van der Waals surface area contributed by atoms with E-state index in [0.717, 1.165) is 41.1 Å². The number of aliphatic hydroxyl groups is 1. The third-order valence-electron chi connectivity index (χ3n) is 3.84. The predicted octanol–water partition coefficient (Wildman–Crippen LogP) is 0.980. The third kappa shape index (κ3) is 3.53. The van der Waals surface area contributed by atoms with Gasteiger partial charge in [-0.1, -0.05) is 11.2 Å². The van der Waals surface area contributed by atoms with Crippen LogP contribution in [0.1, 0.15) is 22.3 Å². The van der Waals surface area contributed by atoms with E-state index < -0.39 is 6.35 Å². The Kier molecular flexibility index (Phi) is 5.17. The topological polar surface area (TPSA) is 77.3 Å². The van der Waals surface area contributed by atoms with Gasteiger partial charge in [0.2, 0.25) is 0 Å². The van der Waals surface area contributed by atoms with Crippen molar-refractivity contribution in [1.82, 2.24) is 10.2 Å². The van der Waals surface area contributed by atoms with E-state index in [0.29, 0.717) is 13.2 Å². The van der Waals surface area contributed by atoms with E-state index in [-0.39, 0.29) is 0 Å². The number of hydrogen-bond acceptors (Lipinski definition) is 6. The number of ether oxygens (including phenoxy) is 1. The van der Waals surface area contributed by atoms with Gasteiger partial charge >= 0.3 is 0 Å². The van der Waals surface area contributed by atoms with Crippen LogP contribution < -0.4 is 10.1 Å². The van der Waals surface area contributed by atoms with Crippen LogP contribution in [0.2, 0.25) is 0 Å². The maximum Gasteiger partial charge on any atom is 0.163 e. The smallest absolute Gasteiger partial charge is 0.163 e. The Morgan fingerprint density at radius 1 is 1.43 bits per heavy atom. The average Bonchev–Trinajstić information content (AvgIpc) is 2.84. The Morgan fingerprint density at radius 3 is 2.81 bits per heavy atom. The molecule has 21 heavy (non-hydrogen) atoms. The molecule has 0 amide bonds. The van der Waals surface area contributed by atoms with Gasteiger partial charge in [-0.05, 0) is 31.9 Å². The first-order chi connectivity index (χ1) is 10.0. The molecule has 1 aliphatic rings. The highest BCUT2D eigenvalue weighted by molar-refractivity contribution is 5.84. The molecular weight excluding hydrogens is 270 g/mol. The molecule has 1 unspecified atom stereocenters. The summed E-state index contributed by atoms with van der Waals surface area (Å²) in [4.78, 5) is 1.93. The fraction of sp³-hybridized carbons (Fsp3) is 0.533. The van der Waals surface area contributed by atoms with Gasteiger partial charge in [-0.2, -0.15) is 0 Å². The van der Waals surface area contributed by atoms with E-state index in [4.69, 9.17) is 9.94 Å². The van der Waals surface area contributed by atoms with Crippen molar-refractivity contribution in [1.29, 1.82) is 0 Å². The van der Waals surface area contributed by atoms with E-state index in [1.165, 1.54) is 6.21 Å². The molecule has 1 aromatic rings. The highest BCUT2D eigenvalue weighted by Crippen LogP contribution is 2.28. The zero-order valence-electron chi connectivity index (χ0n) is 12.8. The Hall–Kier alpha value is -1.63. The second kappa shape index (κ2) is 6.89. The molecule has 6 nitrogen and oxygen atoms in total. The molecule has 0 saturated carbocycles. The van der Waals surface area contributed by atoms with Crippen molar-refractivity contribution in [3.05, 3.63) is 28.3 Å². The molecule has 1 saturated heterocycles. The third-order valence-corrected chi connectivity index (χ3v) is 3.84. The van der Waals surface area contributed by atoms with Crippen LogP contribution in [0.3, 0.4) is 0 Å². The largest absolute Gasteiger partial charge is 0.492 e. The van der Waals surface area contributed by atoms with Crippen molar-refractivity contribution >= 4 is 6.21 Å². The molecule has 1 aliphatic heterocycles. The number of nitrogens with one attached hydrogen (secondary N) is 1. The molecule has 116 valence electrons. The quantitative estimate of drug-likeness (QED) is 0.428. The summed E-state index contributed by atoms with van der Waals surface area (Å²) in [6, 6.07) is 2.02. The molecule has 6 heteroatoms. The molecule has 3 N–H and O–H groups in total. The molecule has 0 aromatic heterocycles. The first-order valence-corrected chi connectivity index (χ1v) is 7.11. The summed E-state index contributed by atoms with van der Waals surface area (Å²) >= 11 is 0. The minimum Gasteiger partial charge on any atom is -0.492 e. The number of nitrogens with zero attached hydrogens (tertiary/aromatic N) is 2. The van der Waals surface area contributed by atoms with E-state index >= 15 is 0 Å². The second-order valence-corrected chi connectivity index (χ2v) is 5.33. The molecule has 0 spiro atoms. The van der Waals surface area contributed by atoms with Crippen LogP contribution in [-0.4, -0.2) is 54.0 Å². The summed E-state index contributed by atoms with van der Waals surface area (Å²) in [5.41, 5.74) is 3.95. The summed E-state index contributed by atoms with van der Waals surface area (Å²) in [6.07, 6.45) is 0.858. The van der Waals surface area contributed by atoms with Crippen LogP contribution in [0.5, 0.6) is 5.75 Å². The van der Waals surface area contributed by atoms with Crippen LogP contribution in [0.25, 0.3) is 0 Å². The number of oxime groups is 1. The normalized spacial score (nSPS) is 19.5. The Labute approximate surface area is 125 Å². The van der Waals surface area contributed by atoms with Crippen LogP contribution >= 0.6 is 0 Å². The highest BCUT2D eigenvalue weighted by Gasteiger charge is 2.21. The number of benzene rings is 1. The molecule has 2 rings (SSSR count). The molecule has 1 heterocycles. The maximum absolute atomic E-state index is 9.66. The minimum atomic E-state index is -0.578. The van der Waals surface area contributed by atoms with Gasteiger partial charge in [0.05, 0.1) is 6.21 Å². The minimum absolute atomic E-state index is 0.499. The van der Waals surface area contributed by atoms with Gasteiger partial charge in [-0.25, -0.2) is 0 Å². The van der Waals surface area contributed by atoms with Crippen molar-refractivity contribution in [3.63, 3.8) is 0 Å². The van der Waals surface area contributed by atoms with Crippen LogP contribution in [-0.2, 0) is 0 Å². The van der Waals surface area contributed by atoms with E-state index in [1.807, 2.05) is 31.7 Å². The summed E-state index contributed by atoms with van der Waals surface area (Å²) in [5.74, 6) is 0.817. The van der Waals surface area contributed by atoms with E-state index in [1.54, 1.807) is 0 Å². The lowest BCUT2D eigenvalue weighted by atomic mass is 9.99. The van der Waals surface area contributed by atoms with Crippen LogP contribution in [0.4, 0.5) is 0 Å². The molecule has 0 bridgehead atoms. The van der Waals surface area contributed by atoms with Crippen LogP contribution in [0, 0.1) is 20.8 Å². The number of hydrogen-bond donors (Lipinski definition) is 3. The number of aliphatic hydroxyl groups excluding tert-OH is 1. The highest BCUT2D eigenvalue weighted by atomic mass is 16.5. The van der Waals surface area contributed by atoms with Crippen molar-refractivity contribution < 1.29 is 15.1 Å². The number of rotatable bonds is 5. The molecule has 0 radical (unpaired) electrons. The molecule has 1 fully saturated rings. The fourth-order valence-corrected chi connectivity index (χ4v) is 2.75. The Morgan fingerprint density at radius 2 is 2.19 bits per heavy atom. The van der Waals surface area contributed by atoms with E-state index in [2.05, 4.69) is 10.5 Å².